The van der Waals surface area contributed by atoms with Crippen molar-refractivity contribution in [1.82, 2.24) is 14.7 Å². The number of hydrogen-bond acceptors (Lipinski definition) is 4. The quantitative estimate of drug-likeness (QED) is 0.782. The number of rotatable bonds is 8. The van der Waals surface area contributed by atoms with Crippen LogP contribution in [0.5, 0.6) is 0 Å². The van der Waals surface area contributed by atoms with E-state index in [-0.39, 0.29) is 6.42 Å². The number of nitrogens with zero attached hydrogens (tertiary/aromatic N) is 3. The zero-order chi connectivity index (χ0) is 15.8. The van der Waals surface area contributed by atoms with Crippen LogP contribution >= 0.6 is 0 Å². The molecule has 1 heterocycles. The monoisotopic (exact) mass is 305 g/mol. The fraction of sp³-hybridized carbons (Fsp3) is 0.588. The normalized spacial score (nSPS) is 17.0. The minimum Gasteiger partial charge on any atom is -0.481 e. The molecule has 0 unspecified atom stereocenters. The third-order valence-corrected chi connectivity index (χ3v) is 4.20. The van der Waals surface area contributed by atoms with Crippen molar-refractivity contribution < 1.29 is 9.90 Å². The van der Waals surface area contributed by atoms with Gasteiger partial charge in [-0.1, -0.05) is 30.3 Å². The van der Waals surface area contributed by atoms with E-state index in [0.717, 1.165) is 45.8 Å². The maximum absolute atomic E-state index is 10.6. The van der Waals surface area contributed by atoms with Gasteiger partial charge in [0, 0.05) is 52.4 Å². The van der Waals surface area contributed by atoms with Gasteiger partial charge >= 0.3 is 5.97 Å². The third kappa shape index (κ3) is 6.13. The lowest BCUT2D eigenvalue weighted by Crippen LogP contribution is -2.48. The van der Waals surface area contributed by atoms with Crippen LogP contribution in [0.15, 0.2) is 30.3 Å². The van der Waals surface area contributed by atoms with Crippen LogP contribution in [-0.4, -0.2) is 78.6 Å². The molecule has 0 bridgehead atoms. The van der Waals surface area contributed by atoms with Crippen molar-refractivity contribution in [3.63, 3.8) is 0 Å². The van der Waals surface area contributed by atoms with E-state index in [4.69, 9.17) is 5.11 Å². The van der Waals surface area contributed by atoms with Gasteiger partial charge < -0.3 is 14.9 Å². The summed E-state index contributed by atoms with van der Waals surface area (Å²) in [5.74, 6) is -0.704. The summed E-state index contributed by atoms with van der Waals surface area (Å²) in [6.07, 6.45) is 0.250. The minimum absolute atomic E-state index is 0.250. The molecule has 1 aromatic carbocycles. The molecule has 1 aliphatic heterocycles. The first-order valence-electron chi connectivity index (χ1n) is 8.02. The number of benzene rings is 1. The van der Waals surface area contributed by atoms with Crippen molar-refractivity contribution in [3.8, 4) is 0 Å². The topological polar surface area (TPSA) is 47.0 Å². The number of carboxylic acid groups (broad SMARTS) is 1. The van der Waals surface area contributed by atoms with Gasteiger partial charge in [0.2, 0.25) is 0 Å². The molecule has 22 heavy (non-hydrogen) atoms. The van der Waals surface area contributed by atoms with Gasteiger partial charge in [-0.3, -0.25) is 9.69 Å². The molecule has 1 aromatic rings. The molecule has 1 N–H and O–H groups in total. The van der Waals surface area contributed by atoms with E-state index in [9.17, 15) is 4.79 Å². The summed E-state index contributed by atoms with van der Waals surface area (Å²) in [6.45, 7) is 7.85. The SMILES string of the molecule is CN(CCN1CCN(CCC(=O)O)CC1)Cc1ccccc1. The fourth-order valence-corrected chi connectivity index (χ4v) is 2.78. The standard InChI is InChI=1S/C17H27N3O2/c1-18(15-16-5-3-2-4-6-16)9-10-20-13-11-19(12-14-20)8-7-17(21)22/h2-6H,7-15H2,1H3,(H,21,22). The summed E-state index contributed by atoms with van der Waals surface area (Å²) in [5.41, 5.74) is 1.35. The van der Waals surface area contributed by atoms with Crippen LogP contribution in [0, 0.1) is 0 Å². The second kappa shape index (κ2) is 8.88. The van der Waals surface area contributed by atoms with Crippen LogP contribution in [0.25, 0.3) is 0 Å². The number of carbonyl (C=O) groups is 1. The molecular formula is C17H27N3O2. The zero-order valence-electron chi connectivity index (χ0n) is 13.4. The average molecular weight is 305 g/mol. The Labute approximate surface area is 133 Å². The van der Waals surface area contributed by atoms with E-state index in [1.807, 2.05) is 6.07 Å². The summed E-state index contributed by atoms with van der Waals surface area (Å²) in [6, 6.07) is 10.5. The lowest BCUT2D eigenvalue weighted by molar-refractivity contribution is -0.137. The van der Waals surface area contributed by atoms with Crippen molar-refractivity contribution >= 4 is 5.97 Å². The first-order valence-corrected chi connectivity index (χ1v) is 8.02. The molecule has 1 fully saturated rings. The molecule has 0 radical (unpaired) electrons. The third-order valence-electron chi connectivity index (χ3n) is 4.20. The van der Waals surface area contributed by atoms with Gasteiger partial charge in [-0.25, -0.2) is 0 Å². The van der Waals surface area contributed by atoms with Crippen LogP contribution in [0.3, 0.4) is 0 Å². The van der Waals surface area contributed by atoms with Crippen LogP contribution < -0.4 is 0 Å². The summed E-state index contributed by atoms with van der Waals surface area (Å²) in [5, 5.41) is 8.72. The Morgan fingerprint density at radius 1 is 1.09 bits per heavy atom. The number of hydrogen-bond donors (Lipinski definition) is 1. The largest absolute Gasteiger partial charge is 0.481 e. The van der Waals surface area contributed by atoms with E-state index >= 15 is 0 Å². The highest BCUT2D eigenvalue weighted by atomic mass is 16.4. The summed E-state index contributed by atoms with van der Waals surface area (Å²) in [4.78, 5) is 17.7. The molecule has 0 amide bonds. The highest BCUT2D eigenvalue weighted by Crippen LogP contribution is 2.05. The molecule has 0 aromatic heterocycles. The second-order valence-electron chi connectivity index (χ2n) is 6.05. The number of likely N-dealkylation sites (N-methyl/N-ethyl adjacent to an activating group) is 1. The lowest BCUT2D eigenvalue weighted by atomic mass is 10.2. The molecule has 0 aliphatic carbocycles. The lowest BCUT2D eigenvalue weighted by Gasteiger charge is -2.35. The van der Waals surface area contributed by atoms with E-state index in [0.29, 0.717) is 6.54 Å². The molecule has 5 heteroatoms. The van der Waals surface area contributed by atoms with Gasteiger partial charge in [0.25, 0.3) is 0 Å². The van der Waals surface area contributed by atoms with Gasteiger partial charge in [0.15, 0.2) is 0 Å². The number of carboxylic acids is 1. The summed E-state index contributed by atoms with van der Waals surface area (Å²) >= 11 is 0. The van der Waals surface area contributed by atoms with Gasteiger partial charge in [0.05, 0.1) is 6.42 Å². The van der Waals surface area contributed by atoms with Crippen LogP contribution in [0.2, 0.25) is 0 Å². The zero-order valence-corrected chi connectivity index (χ0v) is 13.4. The first-order chi connectivity index (χ1) is 10.6. The van der Waals surface area contributed by atoms with Gasteiger partial charge in [0.1, 0.15) is 0 Å². The Morgan fingerprint density at radius 3 is 2.27 bits per heavy atom. The van der Waals surface area contributed by atoms with Crippen LogP contribution in [-0.2, 0) is 11.3 Å². The first kappa shape index (κ1) is 16.9. The molecular weight excluding hydrogens is 278 g/mol. The molecule has 2 rings (SSSR count). The van der Waals surface area contributed by atoms with Crippen molar-refractivity contribution in [2.24, 2.45) is 0 Å². The van der Waals surface area contributed by atoms with Gasteiger partial charge in [-0.15, -0.1) is 0 Å². The molecule has 0 spiro atoms. The predicted octanol–water partition coefficient (Wildman–Crippen LogP) is 1.21. The maximum Gasteiger partial charge on any atom is 0.304 e. The minimum atomic E-state index is -0.704. The summed E-state index contributed by atoms with van der Waals surface area (Å²) < 4.78 is 0. The van der Waals surface area contributed by atoms with E-state index < -0.39 is 5.97 Å². The maximum atomic E-state index is 10.6. The molecule has 0 saturated carbocycles. The molecule has 122 valence electrons. The van der Waals surface area contributed by atoms with Crippen molar-refractivity contribution in [1.29, 1.82) is 0 Å². The molecule has 1 aliphatic rings. The van der Waals surface area contributed by atoms with Crippen molar-refractivity contribution in [3.05, 3.63) is 35.9 Å². The highest BCUT2D eigenvalue weighted by molar-refractivity contribution is 5.66. The highest BCUT2D eigenvalue weighted by Gasteiger charge is 2.17. The fourth-order valence-electron chi connectivity index (χ4n) is 2.78. The Hall–Kier alpha value is -1.43. The van der Waals surface area contributed by atoms with Gasteiger partial charge in [-0.05, 0) is 12.6 Å². The van der Waals surface area contributed by atoms with Gasteiger partial charge in [-0.2, -0.15) is 0 Å². The van der Waals surface area contributed by atoms with E-state index in [1.54, 1.807) is 0 Å². The molecule has 0 atom stereocenters. The Kier molecular flexibility index (Phi) is 6.83. The smallest absolute Gasteiger partial charge is 0.304 e. The Balaban J connectivity index is 1.61. The summed E-state index contributed by atoms with van der Waals surface area (Å²) in [7, 11) is 2.16. The Morgan fingerprint density at radius 2 is 1.68 bits per heavy atom. The van der Waals surface area contributed by atoms with Crippen molar-refractivity contribution in [2.75, 3.05) is 52.9 Å². The van der Waals surface area contributed by atoms with Crippen LogP contribution in [0.4, 0.5) is 0 Å². The molecule has 5 nitrogen and oxygen atoms in total. The number of aliphatic carboxylic acids is 1. The molecule has 1 saturated heterocycles. The van der Waals surface area contributed by atoms with Crippen LogP contribution in [0.1, 0.15) is 12.0 Å². The average Bonchev–Trinajstić information content (AvgIpc) is 2.53. The number of piperazine rings is 1. The second-order valence-corrected chi connectivity index (χ2v) is 6.05. The Bertz CT molecular complexity index is 444. The van der Waals surface area contributed by atoms with Crippen molar-refractivity contribution in [2.45, 2.75) is 13.0 Å². The van der Waals surface area contributed by atoms with E-state index in [2.05, 4.69) is 46.0 Å². The predicted molar refractivity (Wildman–Crippen MR) is 87.9 cm³/mol. The van der Waals surface area contributed by atoms with E-state index in [1.165, 1.54) is 5.56 Å².